The summed E-state index contributed by atoms with van der Waals surface area (Å²) in [5, 5.41) is 11.9. The average Bonchev–Trinajstić information content (AvgIpc) is 3.12. The van der Waals surface area contributed by atoms with Crippen LogP contribution in [-0.4, -0.2) is 32.9 Å². The fraction of sp³-hybridized carbons (Fsp3) is 0.500. The number of hydrogen-bond donors (Lipinski definition) is 2. The molecule has 1 aromatic carbocycles. The first-order chi connectivity index (χ1) is 10.4. The molecule has 5 nitrogen and oxygen atoms in total. The number of nitrogens with zero attached hydrogens (tertiary/aromatic N) is 3. The van der Waals surface area contributed by atoms with Gasteiger partial charge in [-0.2, -0.15) is 0 Å². The van der Waals surface area contributed by atoms with E-state index in [1.54, 1.807) is 6.33 Å². The highest BCUT2D eigenvalue weighted by atomic mass is 15.3. The van der Waals surface area contributed by atoms with Crippen molar-refractivity contribution >= 4 is 0 Å². The maximum Gasteiger partial charge on any atom is 0.164 e. The second-order valence-electron chi connectivity index (χ2n) is 6.10. The van der Waals surface area contributed by atoms with Crippen LogP contribution in [0.1, 0.15) is 31.5 Å². The molecule has 4 rings (SSSR count). The van der Waals surface area contributed by atoms with Crippen molar-refractivity contribution in [3.05, 3.63) is 42.5 Å². The van der Waals surface area contributed by atoms with E-state index in [2.05, 4.69) is 20.7 Å². The third-order valence-corrected chi connectivity index (χ3v) is 4.89. The molecule has 1 aliphatic carbocycles. The third-order valence-electron chi connectivity index (χ3n) is 4.89. The molecule has 2 aliphatic rings. The molecule has 0 radical (unpaired) electrons. The summed E-state index contributed by atoms with van der Waals surface area (Å²) < 4.78 is 1.84. The first-order valence-electron chi connectivity index (χ1n) is 7.80. The number of rotatable bonds is 4. The van der Waals surface area contributed by atoms with E-state index in [4.69, 9.17) is 0 Å². The molecule has 1 aromatic heterocycles. The van der Waals surface area contributed by atoms with Crippen molar-refractivity contribution < 1.29 is 0 Å². The van der Waals surface area contributed by atoms with Gasteiger partial charge in [0.15, 0.2) is 5.82 Å². The standard InChI is InChI=1S/C16H21N5/c1-2-5-13(6-3-1)21-12-18-15(20-21)11-17-14-7-10-19-16(14)8-4-9-16/h1-3,5-6,12,14,17,19H,4,7-11H2. The lowest BCUT2D eigenvalue weighted by molar-refractivity contribution is 0.169. The van der Waals surface area contributed by atoms with Crippen molar-refractivity contribution in [3.63, 3.8) is 0 Å². The van der Waals surface area contributed by atoms with Crippen molar-refractivity contribution in [1.82, 2.24) is 25.4 Å². The molecule has 21 heavy (non-hydrogen) atoms. The first kappa shape index (κ1) is 13.0. The summed E-state index contributed by atoms with van der Waals surface area (Å²) in [7, 11) is 0. The Bertz CT molecular complexity index is 602. The summed E-state index contributed by atoms with van der Waals surface area (Å²) in [6.45, 7) is 1.87. The van der Waals surface area contributed by atoms with Crippen LogP contribution in [0.15, 0.2) is 36.7 Å². The summed E-state index contributed by atoms with van der Waals surface area (Å²) >= 11 is 0. The van der Waals surface area contributed by atoms with Crippen LogP contribution in [0.5, 0.6) is 0 Å². The molecule has 5 heteroatoms. The zero-order valence-electron chi connectivity index (χ0n) is 12.1. The van der Waals surface area contributed by atoms with Gasteiger partial charge in [0.2, 0.25) is 0 Å². The van der Waals surface area contributed by atoms with E-state index in [1.807, 2.05) is 35.0 Å². The second-order valence-corrected chi connectivity index (χ2v) is 6.10. The first-order valence-corrected chi connectivity index (χ1v) is 7.80. The van der Waals surface area contributed by atoms with Crippen molar-refractivity contribution in [1.29, 1.82) is 0 Å². The molecule has 2 fully saturated rings. The molecule has 1 unspecified atom stereocenters. The molecule has 2 heterocycles. The zero-order valence-corrected chi connectivity index (χ0v) is 12.1. The average molecular weight is 283 g/mol. The lowest BCUT2D eigenvalue weighted by Crippen LogP contribution is -2.57. The van der Waals surface area contributed by atoms with E-state index in [-0.39, 0.29) is 0 Å². The van der Waals surface area contributed by atoms with E-state index >= 15 is 0 Å². The van der Waals surface area contributed by atoms with Gasteiger partial charge in [-0.15, -0.1) is 5.10 Å². The van der Waals surface area contributed by atoms with Crippen LogP contribution >= 0.6 is 0 Å². The van der Waals surface area contributed by atoms with Crippen LogP contribution in [-0.2, 0) is 6.54 Å². The Morgan fingerprint density at radius 1 is 1.29 bits per heavy atom. The Balaban J connectivity index is 1.41. The smallest absolute Gasteiger partial charge is 0.164 e. The van der Waals surface area contributed by atoms with Crippen LogP contribution in [0.4, 0.5) is 0 Å². The monoisotopic (exact) mass is 283 g/mol. The van der Waals surface area contributed by atoms with Crippen LogP contribution in [0.3, 0.4) is 0 Å². The Hall–Kier alpha value is -1.72. The highest BCUT2D eigenvalue weighted by Gasteiger charge is 2.46. The van der Waals surface area contributed by atoms with Gasteiger partial charge < -0.3 is 10.6 Å². The molecule has 0 amide bonds. The Kier molecular flexibility index (Phi) is 3.24. The van der Waals surface area contributed by atoms with Gasteiger partial charge in [-0.1, -0.05) is 18.2 Å². The number of para-hydroxylation sites is 1. The predicted octanol–water partition coefficient (Wildman–Crippen LogP) is 1.64. The largest absolute Gasteiger partial charge is 0.310 e. The fourth-order valence-electron chi connectivity index (χ4n) is 3.54. The van der Waals surface area contributed by atoms with Gasteiger partial charge >= 0.3 is 0 Å². The van der Waals surface area contributed by atoms with Crippen LogP contribution in [0.25, 0.3) is 5.69 Å². The van der Waals surface area contributed by atoms with Gasteiger partial charge in [0.1, 0.15) is 6.33 Å². The quantitative estimate of drug-likeness (QED) is 0.896. The maximum absolute atomic E-state index is 4.56. The van der Waals surface area contributed by atoms with Gasteiger partial charge in [0.05, 0.1) is 12.2 Å². The molecule has 2 N–H and O–H groups in total. The highest BCUT2D eigenvalue weighted by molar-refractivity contribution is 5.29. The highest BCUT2D eigenvalue weighted by Crippen LogP contribution is 2.39. The molecule has 1 spiro atoms. The summed E-state index contributed by atoms with van der Waals surface area (Å²) in [5.74, 6) is 0.861. The molecule has 1 saturated heterocycles. The summed E-state index contributed by atoms with van der Waals surface area (Å²) in [6, 6.07) is 10.7. The molecular formula is C16H21N5. The van der Waals surface area contributed by atoms with Crippen molar-refractivity contribution in [3.8, 4) is 5.69 Å². The van der Waals surface area contributed by atoms with Gasteiger partial charge in [0.25, 0.3) is 0 Å². The second kappa shape index (κ2) is 5.24. The predicted molar refractivity (Wildman–Crippen MR) is 81.2 cm³/mol. The van der Waals surface area contributed by atoms with Crippen LogP contribution in [0.2, 0.25) is 0 Å². The number of hydrogen-bond acceptors (Lipinski definition) is 4. The van der Waals surface area contributed by atoms with Gasteiger partial charge in [-0.05, 0) is 44.4 Å². The lowest BCUT2D eigenvalue weighted by Gasteiger charge is -2.43. The van der Waals surface area contributed by atoms with Gasteiger partial charge in [0, 0.05) is 11.6 Å². The van der Waals surface area contributed by atoms with Crippen LogP contribution < -0.4 is 10.6 Å². The Morgan fingerprint density at radius 2 is 2.14 bits per heavy atom. The Morgan fingerprint density at radius 3 is 2.90 bits per heavy atom. The van der Waals surface area contributed by atoms with E-state index in [9.17, 15) is 0 Å². The van der Waals surface area contributed by atoms with E-state index in [0.29, 0.717) is 11.6 Å². The SMILES string of the molecule is c1ccc(-n2cnc(CNC3CCNC34CCC4)n2)cc1. The molecule has 110 valence electrons. The minimum Gasteiger partial charge on any atom is -0.310 e. The molecule has 2 aromatic rings. The Labute approximate surface area is 124 Å². The van der Waals surface area contributed by atoms with Crippen molar-refractivity contribution in [2.45, 2.75) is 43.8 Å². The zero-order chi connectivity index (χ0) is 14.1. The minimum atomic E-state index is 0.363. The number of aromatic nitrogens is 3. The molecule has 0 bridgehead atoms. The fourth-order valence-corrected chi connectivity index (χ4v) is 3.54. The van der Waals surface area contributed by atoms with E-state index in [1.165, 1.54) is 25.7 Å². The molecular weight excluding hydrogens is 262 g/mol. The van der Waals surface area contributed by atoms with E-state index in [0.717, 1.165) is 24.6 Å². The number of nitrogens with one attached hydrogen (secondary N) is 2. The maximum atomic E-state index is 4.56. The van der Waals surface area contributed by atoms with Crippen molar-refractivity contribution in [2.24, 2.45) is 0 Å². The summed E-state index contributed by atoms with van der Waals surface area (Å²) in [4.78, 5) is 4.41. The topological polar surface area (TPSA) is 54.8 Å². The van der Waals surface area contributed by atoms with Crippen LogP contribution in [0, 0.1) is 0 Å². The molecule has 1 atom stereocenters. The normalized spacial score (nSPS) is 23.3. The molecule has 1 saturated carbocycles. The van der Waals surface area contributed by atoms with Gasteiger partial charge in [-0.25, -0.2) is 9.67 Å². The van der Waals surface area contributed by atoms with Gasteiger partial charge in [-0.3, -0.25) is 0 Å². The number of benzene rings is 1. The summed E-state index contributed by atoms with van der Waals surface area (Å²) in [5.41, 5.74) is 1.41. The third kappa shape index (κ3) is 2.36. The van der Waals surface area contributed by atoms with E-state index < -0.39 is 0 Å². The summed E-state index contributed by atoms with van der Waals surface area (Å²) in [6.07, 6.45) is 6.96. The lowest BCUT2D eigenvalue weighted by atomic mass is 9.73. The minimum absolute atomic E-state index is 0.363. The van der Waals surface area contributed by atoms with Crippen molar-refractivity contribution in [2.75, 3.05) is 6.54 Å². The molecule has 1 aliphatic heterocycles.